The Balaban J connectivity index is 3.21. The summed E-state index contributed by atoms with van der Waals surface area (Å²) in [5.41, 5.74) is -2.98. The number of aryl methyl sites for hydroxylation is 2. The van der Waals surface area contributed by atoms with Crippen molar-refractivity contribution < 1.29 is 27.9 Å². The largest absolute Gasteiger partial charge is 0.479 e. The Morgan fingerprint density at radius 3 is 2.33 bits per heavy atom. The molecule has 1 heterocycles. The van der Waals surface area contributed by atoms with Crippen molar-refractivity contribution in [1.29, 1.82) is 0 Å². The SMILES string of the molecule is CCc1nnc(C)cc1C(=O)NC(C)(C(=O)O)C(F)(F)F. The van der Waals surface area contributed by atoms with E-state index in [1.54, 1.807) is 6.92 Å². The number of nitrogens with one attached hydrogen (secondary N) is 1. The van der Waals surface area contributed by atoms with Crippen molar-refractivity contribution in [2.75, 3.05) is 0 Å². The van der Waals surface area contributed by atoms with Crippen LogP contribution in [0.2, 0.25) is 0 Å². The zero-order chi connectivity index (χ0) is 16.4. The van der Waals surface area contributed by atoms with Gasteiger partial charge in [0, 0.05) is 0 Å². The average molecular weight is 305 g/mol. The van der Waals surface area contributed by atoms with Crippen LogP contribution in [0.5, 0.6) is 0 Å². The molecule has 1 unspecified atom stereocenters. The van der Waals surface area contributed by atoms with Crippen LogP contribution < -0.4 is 5.32 Å². The van der Waals surface area contributed by atoms with Crippen molar-refractivity contribution in [2.45, 2.75) is 38.9 Å². The van der Waals surface area contributed by atoms with E-state index in [1.165, 1.54) is 18.3 Å². The zero-order valence-corrected chi connectivity index (χ0v) is 11.6. The Morgan fingerprint density at radius 2 is 1.90 bits per heavy atom. The molecular weight excluding hydrogens is 291 g/mol. The van der Waals surface area contributed by atoms with E-state index in [2.05, 4.69) is 10.2 Å². The van der Waals surface area contributed by atoms with E-state index in [1.807, 2.05) is 0 Å². The average Bonchev–Trinajstić information content (AvgIpc) is 2.36. The highest BCUT2D eigenvalue weighted by Gasteiger charge is 2.58. The number of hydrogen-bond donors (Lipinski definition) is 2. The second-order valence-corrected chi connectivity index (χ2v) is 4.58. The van der Waals surface area contributed by atoms with Crippen molar-refractivity contribution >= 4 is 11.9 Å². The molecule has 21 heavy (non-hydrogen) atoms. The first-order valence-electron chi connectivity index (χ1n) is 5.98. The van der Waals surface area contributed by atoms with Gasteiger partial charge in [0.25, 0.3) is 5.91 Å². The number of alkyl halides is 3. The number of nitrogens with zero attached hydrogens (tertiary/aromatic N) is 2. The lowest BCUT2D eigenvalue weighted by Gasteiger charge is -2.28. The van der Waals surface area contributed by atoms with E-state index in [0.717, 1.165) is 0 Å². The molecule has 0 saturated heterocycles. The maximum atomic E-state index is 12.9. The molecule has 9 heteroatoms. The molecular formula is C12H14F3N3O3. The van der Waals surface area contributed by atoms with Crippen LogP contribution in [-0.4, -0.2) is 38.9 Å². The fourth-order valence-corrected chi connectivity index (χ4v) is 1.51. The van der Waals surface area contributed by atoms with Gasteiger partial charge in [-0.25, -0.2) is 4.79 Å². The topological polar surface area (TPSA) is 92.2 Å². The minimum absolute atomic E-state index is 0.123. The van der Waals surface area contributed by atoms with Gasteiger partial charge in [0.2, 0.25) is 5.54 Å². The van der Waals surface area contributed by atoms with Gasteiger partial charge < -0.3 is 10.4 Å². The molecule has 6 nitrogen and oxygen atoms in total. The van der Waals surface area contributed by atoms with Gasteiger partial charge in [-0.05, 0) is 26.3 Å². The molecule has 0 aliphatic rings. The molecule has 1 rings (SSSR count). The highest BCUT2D eigenvalue weighted by Crippen LogP contribution is 2.30. The first-order chi connectivity index (χ1) is 9.52. The van der Waals surface area contributed by atoms with E-state index in [-0.39, 0.29) is 17.7 Å². The Morgan fingerprint density at radius 1 is 1.33 bits per heavy atom. The summed E-state index contributed by atoms with van der Waals surface area (Å²) in [7, 11) is 0. The molecule has 1 aromatic rings. The van der Waals surface area contributed by atoms with Crippen molar-refractivity contribution in [3.05, 3.63) is 23.0 Å². The first-order valence-corrected chi connectivity index (χ1v) is 5.98. The summed E-state index contributed by atoms with van der Waals surface area (Å²) in [5.74, 6) is -3.35. The Bertz CT molecular complexity index is 575. The van der Waals surface area contributed by atoms with E-state index in [4.69, 9.17) is 5.11 Å². The van der Waals surface area contributed by atoms with Gasteiger partial charge in [0.05, 0.1) is 17.0 Å². The van der Waals surface area contributed by atoms with Gasteiger partial charge in [-0.15, -0.1) is 0 Å². The second-order valence-electron chi connectivity index (χ2n) is 4.58. The second kappa shape index (κ2) is 5.66. The third-order valence-electron chi connectivity index (χ3n) is 2.93. The highest BCUT2D eigenvalue weighted by molar-refractivity contribution is 5.98. The van der Waals surface area contributed by atoms with Gasteiger partial charge in [0.15, 0.2) is 0 Å². The fourth-order valence-electron chi connectivity index (χ4n) is 1.51. The lowest BCUT2D eigenvalue weighted by atomic mass is 10.0. The number of halogens is 3. The smallest absolute Gasteiger partial charge is 0.422 e. The minimum atomic E-state index is -5.14. The van der Waals surface area contributed by atoms with Crippen LogP contribution in [0.1, 0.15) is 35.6 Å². The molecule has 1 aromatic heterocycles. The molecule has 0 fully saturated rings. The summed E-state index contributed by atoms with van der Waals surface area (Å²) in [6.45, 7) is 3.56. The van der Waals surface area contributed by atoms with Gasteiger partial charge in [-0.3, -0.25) is 4.79 Å². The fraction of sp³-hybridized carbons (Fsp3) is 0.500. The minimum Gasteiger partial charge on any atom is -0.479 e. The predicted molar refractivity (Wildman–Crippen MR) is 65.7 cm³/mol. The molecule has 0 radical (unpaired) electrons. The maximum absolute atomic E-state index is 12.9. The zero-order valence-electron chi connectivity index (χ0n) is 11.6. The third-order valence-corrected chi connectivity index (χ3v) is 2.93. The van der Waals surface area contributed by atoms with Crippen LogP contribution in [0.25, 0.3) is 0 Å². The van der Waals surface area contributed by atoms with Crippen molar-refractivity contribution in [2.24, 2.45) is 0 Å². The summed E-state index contributed by atoms with van der Waals surface area (Å²) >= 11 is 0. The normalized spacial score (nSPS) is 14.4. The number of carboxylic acids is 1. The molecule has 1 atom stereocenters. The lowest BCUT2D eigenvalue weighted by molar-refractivity contribution is -0.203. The summed E-state index contributed by atoms with van der Waals surface area (Å²) < 4.78 is 38.6. The summed E-state index contributed by atoms with van der Waals surface area (Å²) in [5, 5.41) is 17.7. The molecule has 0 spiro atoms. The number of hydrogen-bond acceptors (Lipinski definition) is 4. The maximum Gasteiger partial charge on any atom is 0.422 e. The van der Waals surface area contributed by atoms with Gasteiger partial charge in [-0.2, -0.15) is 23.4 Å². The van der Waals surface area contributed by atoms with E-state index < -0.39 is 23.6 Å². The van der Waals surface area contributed by atoms with Crippen LogP contribution in [0.15, 0.2) is 6.07 Å². The van der Waals surface area contributed by atoms with Crippen molar-refractivity contribution in [1.82, 2.24) is 15.5 Å². The van der Waals surface area contributed by atoms with E-state index >= 15 is 0 Å². The molecule has 0 aliphatic heterocycles. The summed E-state index contributed by atoms with van der Waals surface area (Å²) in [6.07, 6.45) is -4.87. The molecule has 116 valence electrons. The third kappa shape index (κ3) is 3.29. The first kappa shape index (κ1) is 16.9. The van der Waals surface area contributed by atoms with Crippen molar-refractivity contribution in [3.8, 4) is 0 Å². The number of aliphatic carboxylic acids is 1. The molecule has 0 aromatic carbocycles. The van der Waals surface area contributed by atoms with E-state index in [9.17, 15) is 22.8 Å². The number of amides is 1. The van der Waals surface area contributed by atoms with Crippen LogP contribution in [0.3, 0.4) is 0 Å². The van der Waals surface area contributed by atoms with Crippen LogP contribution in [0.4, 0.5) is 13.2 Å². The molecule has 2 N–H and O–H groups in total. The number of rotatable bonds is 4. The van der Waals surface area contributed by atoms with Gasteiger partial charge >= 0.3 is 12.1 Å². The Hall–Kier alpha value is -2.19. The van der Waals surface area contributed by atoms with Crippen LogP contribution in [0, 0.1) is 6.92 Å². The standard InChI is InChI=1S/C12H14F3N3O3/c1-4-8-7(5-6(2)17-18-8)9(19)16-11(3,10(20)21)12(13,14)15/h5H,4H2,1-3H3,(H,16,19)(H,20,21). The Labute approximate surface area is 118 Å². The number of carboxylic acid groups (broad SMARTS) is 1. The molecule has 0 aliphatic carbocycles. The summed E-state index contributed by atoms with van der Waals surface area (Å²) in [6, 6.07) is 1.26. The number of carbonyl (C=O) groups excluding carboxylic acids is 1. The van der Waals surface area contributed by atoms with Crippen LogP contribution in [-0.2, 0) is 11.2 Å². The van der Waals surface area contributed by atoms with Crippen molar-refractivity contribution in [3.63, 3.8) is 0 Å². The monoisotopic (exact) mass is 305 g/mol. The number of carbonyl (C=O) groups is 2. The molecule has 0 bridgehead atoms. The van der Waals surface area contributed by atoms with Crippen LogP contribution >= 0.6 is 0 Å². The quantitative estimate of drug-likeness (QED) is 0.879. The highest BCUT2D eigenvalue weighted by atomic mass is 19.4. The number of aromatic nitrogens is 2. The Kier molecular flexibility index (Phi) is 4.55. The molecule has 0 saturated carbocycles. The van der Waals surface area contributed by atoms with Gasteiger partial charge in [-0.1, -0.05) is 6.92 Å². The molecule has 1 amide bonds. The summed E-state index contributed by atoms with van der Waals surface area (Å²) in [4.78, 5) is 22.9. The van der Waals surface area contributed by atoms with E-state index in [0.29, 0.717) is 12.6 Å². The predicted octanol–water partition coefficient (Wildman–Crippen LogP) is 1.48. The van der Waals surface area contributed by atoms with Gasteiger partial charge in [0.1, 0.15) is 0 Å². The lowest BCUT2D eigenvalue weighted by Crippen LogP contribution is -2.62.